The zero-order valence-electron chi connectivity index (χ0n) is 16.9. The highest BCUT2D eigenvalue weighted by molar-refractivity contribution is 5.96. The Bertz CT molecular complexity index is 1140. The topological polar surface area (TPSA) is 79.5 Å². The number of nitrogens with zero attached hydrogens (tertiary/aromatic N) is 5. The van der Waals surface area contributed by atoms with E-state index in [0.717, 1.165) is 11.1 Å². The fourth-order valence-electron chi connectivity index (χ4n) is 4.21. The van der Waals surface area contributed by atoms with Crippen molar-refractivity contribution in [3.8, 4) is 11.3 Å². The first kappa shape index (κ1) is 19.9. The standard InChI is InChI=1S/C21H22F3N7/c1-11-13(8-19(23)24)20-16(27-11)3-2-15(28-20)12-5-7-31-18(12)10-26-21(30-31)29-17-9-25-6-4-14(17)22/h2-3,5,7,10,13-14,17,19,25H,4,6,8-9H2,1H3,(H,29,30)/t13?,14-,17+/m1/s1. The molecule has 2 aliphatic rings. The molecule has 1 saturated heterocycles. The molecular formula is C21H22F3N7. The van der Waals surface area contributed by atoms with Crippen LogP contribution in [0, 0.1) is 0 Å². The lowest BCUT2D eigenvalue weighted by molar-refractivity contribution is 0.135. The molecule has 0 aromatic carbocycles. The predicted octanol–water partition coefficient (Wildman–Crippen LogP) is 3.75. The SMILES string of the molecule is CC1=Nc2ccc(-c3ccn4nc(N[C@H]5CNCC[C@H]5F)ncc34)nc2C1CC(F)F. The number of piperidine rings is 1. The van der Waals surface area contributed by atoms with E-state index >= 15 is 0 Å². The number of aliphatic imine (C=N–C) groups is 1. The molecule has 162 valence electrons. The lowest BCUT2D eigenvalue weighted by Gasteiger charge is -2.27. The molecule has 5 rings (SSSR count). The van der Waals surface area contributed by atoms with Crippen molar-refractivity contribution < 1.29 is 13.2 Å². The Morgan fingerprint density at radius 3 is 2.97 bits per heavy atom. The van der Waals surface area contributed by atoms with Crippen LogP contribution in [0.15, 0.2) is 35.6 Å². The van der Waals surface area contributed by atoms with Gasteiger partial charge in [0, 0.05) is 36.4 Å². The van der Waals surface area contributed by atoms with E-state index in [4.69, 9.17) is 0 Å². The number of halogens is 3. The van der Waals surface area contributed by atoms with E-state index in [2.05, 4.69) is 30.7 Å². The Morgan fingerprint density at radius 1 is 1.29 bits per heavy atom. The Morgan fingerprint density at radius 2 is 2.16 bits per heavy atom. The van der Waals surface area contributed by atoms with E-state index in [1.807, 2.05) is 18.2 Å². The highest BCUT2D eigenvalue weighted by atomic mass is 19.3. The fraction of sp³-hybridized carbons (Fsp3) is 0.429. The van der Waals surface area contributed by atoms with Gasteiger partial charge in [0.05, 0.1) is 34.8 Å². The van der Waals surface area contributed by atoms with Crippen LogP contribution in [0.1, 0.15) is 31.4 Å². The molecule has 1 unspecified atom stereocenters. The third-order valence-corrected chi connectivity index (χ3v) is 5.85. The van der Waals surface area contributed by atoms with Gasteiger partial charge in [-0.25, -0.2) is 27.7 Å². The highest BCUT2D eigenvalue weighted by Crippen LogP contribution is 2.39. The van der Waals surface area contributed by atoms with Gasteiger partial charge in [-0.2, -0.15) is 0 Å². The average molecular weight is 429 g/mol. The summed E-state index contributed by atoms with van der Waals surface area (Å²) in [6, 6.07) is 5.11. The van der Waals surface area contributed by atoms with Crippen LogP contribution in [-0.2, 0) is 0 Å². The van der Waals surface area contributed by atoms with Gasteiger partial charge < -0.3 is 10.6 Å². The minimum atomic E-state index is -2.43. The normalized spacial score (nSPS) is 23.3. The summed E-state index contributed by atoms with van der Waals surface area (Å²) in [6.07, 6.45) is 0.206. The Balaban J connectivity index is 1.43. The molecule has 0 amide bonds. The van der Waals surface area contributed by atoms with Crippen molar-refractivity contribution in [3.63, 3.8) is 0 Å². The number of hydrogen-bond donors (Lipinski definition) is 2. The number of rotatable bonds is 5. The van der Waals surface area contributed by atoms with Gasteiger partial charge >= 0.3 is 0 Å². The molecule has 2 aliphatic heterocycles. The van der Waals surface area contributed by atoms with E-state index in [-0.39, 0.29) is 12.5 Å². The van der Waals surface area contributed by atoms with E-state index in [0.29, 0.717) is 48.2 Å². The minimum absolute atomic E-state index is 0.293. The number of aromatic nitrogens is 4. The molecule has 10 heteroatoms. The first-order valence-corrected chi connectivity index (χ1v) is 10.3. The van der Waals surface area contributed by atoms with Crippen molar-refractivity contribution in [3.05, 3.63) is 36.3 Å². The second kappa shape index (κ2) is 7.92. The van der Waals surface area contributed by atoms with Gasteiger partial charge in [-0.15, -0.1) is 5.10 Å². The largest absolute Gasteiger partial charge is 0.346 e. The summed E-state index contributed by atoms with van der Waals surface area (Å²) in [7, 11) is 0. The van der Waals surface area contributed by atoms with Gasteiger partial charge in [-0.1, -0.05) is 0 Å². The van der Waals surface area contributed by atoms with Crippen molar-refractivity contribution in [2.24, 2.45) is 4.99 Å². The maximum absolute atomic E-state index is 14.1. The zero-order chi connectivity index (χ0) is 21.5. The van der Waals surface area contributed by atoms with Crippen molar-refractivity contribution in [1.82, 2.24) is 24.9 Å². The maximum atomic E-state index is 14.1. The summed E-state index contributed by atoms with van der Waals surface area (Å²) in [5.74, 6) is -0.137. The Labute approximate surface area is 176 Å². The first-order valence-electron chi connectivity index (χ1n) is 10.3. The van der Waals surface area contributed by atoms with E-state index < -0.39 is 18.5 Å². The third-order valence-electron chi connectivity index (χ3n) is 5.85. The predicted molar refractivity (Wildman–Crippen MR) is 112 cm³/mol. The van der Waals surface area contributed by atoms with Crippen molar-refractivity contribution in [2.75, 3.05) is 18.4 Å². The molecule has 3 aromatic heterocycles. The molecule has 31 heavy (non-hydrogen) atoms. The maximum Gasteiger partial charge on any atom is 0.241 e. The van der Waals surface area contributed by atoms with Crippen LogP contribution in [0.5, 0.6) is 0 Å². The number of nitrogens with one attached hydrogen (secondary N) is 2. The molecule has 0 saturated carbocycles. The Kier molecular flexibility index (Phi) is 5.09. The number of alkyl halides is 3. The van der Waals surface area contributed by atoms with Gasteiger partial charge in [0.2, 0.25) is 12.4 Å². The summed E-state index contributed by atoms with van der Waals surface area (Å²) in [5, 5.41) is 10.6. The van der Waals surface area contributed by atoms with Crippen LogP contribution in [0.25, 0.3) is 16.8 Å². The molecule has 7 nitrogen and oxygen atoms in total. The van der Waals surface area contributed by atoms with Gasteiger partial charge in [0.1, 0.15) is 6.17 Å². The van der Waals surface area contributed by atoms with Crippen molar-refractivity contribution >= 4 is 22.9 Å². The summed E-state index contributed by atoms with van der Waals surface area (Å²) in [4.78, 5) is 13.4. The first-order chi connectivity index (χ1) is 15.0. The second-order valence-electron chi connectivity index (χ2n) is 7.93. The van der Waals surface area contributed by atoms with Crippen LogP contribution >= 0.6 is 0 Å². The summed E-state index contributed by atoms with van der Waals surface area (Å²) in [6.45, 7) is 2.94. The monoisotopic (exact) mass is 429 g/mol. The lowest BCUT2D eigenvalue weighted by atomic mass is 9.97. The van der Waals surface area contributed by atoms with Gasteiger partial charge in [0.15, 0.2) is 0 Å². The number of hydrogen-bond acceptors (Lipinski definition) is 6. The van der Waals surface area contributed by atoms with Crippen LogP contribution < -0.4 is 10.6 Å². The van der Waals surface area contributed by atoms with Crippen molar-refractivity contribution in [2.45, 2.75) is 44.3 Å². The second-order valence-corrected chi connectivity index (χ2v) is 7.93. The summed E-state index contributed by atoms with van der Waals surface area (Å²) >= 11 is 0. The van der Waals surface area contributed by atoms with E-state index in [1.54, 1.807) is 23.8 Å². The zero-order valence-corrected chi connectivity index (χ0v) is 16.9. The van der Waals surface area contributed by atoms with Gasteiger partial charge in [0.25, 0.3) is 0 Å². The fourth-order valence-corrected chi connectivity index (χ4v) is 4.21. The van der Waals surface area contributed by atoms with Gasteiger partial charge in [-0.3, -0.25) is 4.99 Å². The molecule has 3 aromatic rings. The minimum Gasteiger partial charge on any atom is -0.346 e. The number of fused-ring (bicyclic) bond motifs is 2. The Hall–Kier alpha value is -3.01. The van der Waals surface area contributed by atoms with Crippen LogP contribution in [0.3, 0.4) is 0 Å². The third kappa shape index (κ3) is 3.76. The number of anilines is 1. The average Bonchev–Trinajstić information content (AvgIpc) is 3.30. The molecule has 0 radical (unpaired) electrons. The smallest absolute Gasteiger partial charge is 0.241 e. The van der Waals surface area contributed by atoms with Crippen LogP contribution in [0.2, 0.25) is 0 Å². The molecule has 2 N–H and O–H groups in total. The molecular weight excluding hydrogens is 407 g/mol. The van der Waals surface area contributed by atoms with Crippen LogP contribution in [-0.4, -0.2) is 57.0 Å². The lowest BCUT2D eigenvalue weighted by Crippen LogP contribution is -2.46. The van der Waals surface area contributed by atoms with Crippen LogP contribution in [0.4, 0.5) is 24.8 Å². The molecule has 3 atom stereocenters. The molecule has 0 bridgehead atoms. The summed E-state index contributed by atoms with van der Waals surface area (Å²) in [5.41, 5.74) is 4.03. The highest BCUT2D eigenvalue weighted by Gasteiger charge is 2.29. The van der Waals surface area contributed by atoms with Gasteiger partial charge in [-0.05, 0) is 38.1 Å². The molecule has 0 aliphatic carbocycles. The van der Waals surface area contributed by atoms with Crippen molar-refractivity contribution in [1.29, 1.82) is 0 Å². The molecule has 0 spiro atoms. The quantitative estimate of drug-likeness (QED) is 0.646. The van der Waals surface area contributed by atoms with E-state index in [9.17, 15) is 13.2 Å². The molecule has 5 heterocycles. The van der Waals surface area contributed by atoms with E-state index in [1.165, 1.54) is 0 Å². The molecule has 1 fully saturated rings. The summed E-state index contributed by atoms with van der Waals surface area (Å²) < 4.78 is 41.8. The number of pyridine rings is 1.